The van der Waals surface area contributed by atoms with Gasteiger partial charge in [-0.2, -0.15) is 0 Å². The van der Waals surface area contributed by atoms with E-state index in [1.54, 1.807) is 0 Å². The van der Waals surface area contributed by atoms with E-state index in [1.807, 2.05) is 6.08 Å². The van der Waals surface area contributed by atoms with E-state index < -0.39 is 11.9 Å². The van der Waals surface area contributed by atoms with Gasteiger partial charge in [-0.05, 0) is 25.7 Å². The maximum absolute atomic E-state index is 12.5. The standard InChI is InChI=1S/C38H72O4/c1-3-5-7-9-11-13-15-17-19-20-22-24-26-28-30-32-34-42-38(41)36(35-37(39)40)33-31-29-27-25-23-21-18-16-14-12-10-8-6-4-2/h29,31,36H,3-28,30,32-35H2,1-2H3,(H,39,40)/b31-29+. The first kappa shape index (κ1) is 40.7. The number of carboxylic acids is 1. The topological polar surface area (TPSA) is 63.6 Å². The van der Waals surface area contributed by atoms with E-state index >= 15 is 0 Å². The lowest BCUT2D eigenvalue weighted by atomic mass is 10.0. The normalized spacial score (nSPS) is 12.2. The van der Waals surface area contributed by atoms with Crippen LogP contribution in [0.25, 0.3) is 0 Å². The number of unbranched alkanes of at least 4 members (excludes halogenated alkanes) is 26. The molecule has 1 atom stereocenters. The van der Waals surface area contributed by atoms with E-state index in [2.05, 4.69) is 19.9 Å². The zero-order valence-electron chi connectivity index (χ0n) is 28.3. The van der Waals surface area contributed by atoms with Crippen molar-refractivity contribution in [2.24, 2.45) is 5.92 Å². The molecule has 0 rings (SSSR count). The van der Waals surface area contributed by atoms with Crippen LogP contribution in [0.3, 0.4) is 0 Å². The molecule has 0 heterocycles. The minimum absolute atomic E-state index is 0.152. The molecule has 0 aliphatic rings. The number of rotatable bonds is 34. The number of ether oxygens (including phenoxy) is 1. The van der Waals surface area contributed by atoms with E-state index in [9.17, 15) is 14.7 Å². The molecule has 4 heteroatoms. The highest BCUT2D eigenvalue weighted by atomic mass is 16.5. The molecule has 0 bridgehead atoms. The minimum Gasteiger partial charge on any atom is -0.481 e. The summed E-state index contributed by atoms with van der Waals surface area (Å²) in [6.07, 6.45) is 41.1. The molecule has 42 heavy (non-hydrogen) atoms. The largest absolute Gasteiger partial charge is 0.481 e. The van der Waals surface area contributed by atoms with Gasteiger partial charge in [0.1, 0.15) is 0 Å². The molecular weight excluding hydrogens is 520 g/mol. The Bertz CT molecular complexity index is 600. The molecule has 0 aliphatic carbocycles. The van der Waals surface area contributed by atoms with Crippen molar-refractivity contribution in [3.05, 3.63) is 12.2 Å². The summed E-state index contributed by atoms with van der Waals surface area (Å²) in [4.78, 5) is 23.7. The van der Waals surface area contributed by atoms with Gasteiger partial charge in [0.25, 0.3) is 0 Å². The number of aliphatic carboxylic acids is 1. The number of carboxylic acid groups (broad SMARTS) is 1. The van der Waals surface area contributed by atoms with Gasteiger partial charge < -0.3 is 9.84 Å². The first-order valence-corrected chi connectivity index (χ1v) is 18.6. The fraction of sp³-hybridized carbons (Fsp3) is 0.895. The van der Waals surface area contributed by atoms with Crippen LogP contribution in [0.5, 0.6) is 0 Å². The Morgan fingerprint density at radius 3 is 1.26 bits per heavy atom. The molecule has 0 aliphatic heterocycles. The molecule has 1 unspecified atom stereocenters. The first-order valence-electron chi connectivity index (χ1n) is 18.6. The molecule has 0 saturated heterocycles. The van der Waals surface area contributed by atoms with Gasteiger partial charge in [-0.25, -0.2) is 0 Å². The van der Waals surface area contributed by atoms with Crippen molar-refractivity contribution in [3.8, 4) is 0 Å². The van der Waals surface area contributed by atoms with Gasteiger partial charge in [0, 0.05) is 0 Å². The molecule has 0 aromatic rings. The Morgan fingerprint density at radius 1 is 0.524 bits per heavy atom. The molecule has 4 nitrogen and oxygen atoms in total. The summed E-state index contributed by atoms with van der Waals surface area (Å²) in [5, 5.41) is 9.24. The van der Waals surface area contributed by atoms with Crippen molar-refractivity contribution in [1.29, 1.82) is 0 Å². The van der Waals surface area contributed by atoms with Gasteiger partial charge in [-0.1, -0.05) is 187 Å². The van der Waals surface area contributed by atoms with Gasteiger partial charge in [0.05, 0.1) is 18.9 Å². The smallest absolute Gasteiger partial charge is 0.309 e. The van der Waals surface area contributed by atoms with Crippen molar-refractivity contribution < 1.29 is 19.4 Å². The molecule has 0 aromatic heterocycles. The second-order valence-electron chi connectivity index (χ2n) is 12.8. The molecule has 0 spiro atoms. The lowest BCUT2D eigenvalue weighted by molar-refractivity contribution is -0.153. The maximum Gasteiger partial charge on any atom is 0.309 e. The zero-order chi connectivity index (χ0) is 30.8. The Kier molecular flexibility index (Phi) is 33.1. The van der Waals surface area contributed by atoms with Crippen LogP contribution in [0.15, 0.2) is 12.2 Å². The van der Waals surface area contributed by atoms with Crippen LogP contribution in [-0.4, -0.2) is 23.7 Å². The highest BCUT2D eigenvalue weighted by molar-refractivity contribution is 5.79. The van der Waals surface area contributed by atoms with Gasteiger partial charge in [0.2, 0.25) is 0 Å². The molecule has 0 saturated carbocycles. The van der Waals surface area contributed by atoms with Gasteiger partial charge in [-0.15, -0.1) is 0 Å². The average Bonchev–Trinajstić information content (AvgIpc) is 2.98. The molecule has 0 fully saturated rings. The van der Waals surface area contributed by atoms with Gasteiger partial charge in [-0.3, -0.25) is 9.59 Å². The quantitative estimate of drug-likeness (QED) is 0.0458. The third-order valence-electron chi connectivity index (χ3n) is 8.56. The van der Waals surface area contributed by atoms with Crippen LogP contribution in [-0.2, 0) is 14.3 Å². The lowest BCUT2D eigenvalue weighted by Crippen LogP contribution is -2.21. The summed E-state index contributed by atoms with van der Waals surface area (Å²) in [6, 6.07) is 0. The molecule has 0 aromatic carbocycles. The predicted molar refractivity (Wildman–Crippen MR) is 181 cm³/mol. The summed E-state index contributed by atoms with van der Waals surface area (Å²) in [5.41, 5.74) is 0. The maximum atomic E-state index is 12.5. The van der Waals surface area contributed by atoms with Gasteiger partial charge in [0.15, 0.2) is 0 Å². The monoisotopic (exact) mass is 593 g/mol. The van der Waals surface area contributed by atoms with E-state index in [1.165, 1.54) is 161 Å². The summed E-state index contributed by atoms with van der Waals surface area (Å²) < 4.78 is 5.46. The Hall–Kier alpha value is -1.32. The predicted octanol–water partition coefficient (Wildman–Crippen LogP) is 12.5. The van der Waals surface area contributed by atoms with Crippen LogP contribution < -0.4 is 0 Å². The van der Waals surface area contributed by atoms with Gasteiger partial charge >= 0.3 is 11.9 Å². The Labute approximate surface area is 262 Å². The van der Waals surface area contributed by atoms with Crippen LogP contribution >= 0.6 is 0 Å². The summed E-state index contributed by atoms with van der Waals surface area (Å²) in [5.74, 6) is -1.85. The Balaban J connectivity index is 3.67. The zero-order valence-corrected chi connectivity index (χ0v) is 28.3. The lowest BCUT2D eigenvalue weighted by Gasteiger charge is -2.12. The molecule has 0 amide bonds. The average molecular weight is 593 g/mol. The number of allylic oxidation sites excluding steroid dienone is 2. The van der Waals surface area contributed by atoms with Crippen molar-refractivity contribution in [1.82, 2.24) is 0 Å². The number of carbonyl (C=O) groups excluding carboxylic acids is 1. The summed E-state index contributed by atoms with van der Waals surface area (Å²) in [7, 11) is 0. The first-order chi connectivity index (χ1) is 20.6. The van der Waals surface area contributed by atoms with E-state index in [-0.39, 0.29) is 12.4 Å². The molecule has 1 N–H and O–H groups in total. The van der Waals surface area contributed by atoms with E-state index in [4.69, 9.17) is 4.74 Å². The van der Waals surface area contributed by atoms with Crippen LogP contribution in [0.4, 0.5) is 0 Å². The number of hydrogen-bond donors (Lipinski definition) is 1. The summed E-state index contributed by atoms with van der Waals surface area (Å²) >= 11 is 0. The van der Waals surface area contributed by atoms with E-state index in [0.717, 1.165) is 19.3 Å². The second kappa shape index (κ2) is 34.2. The minimum atomic E-state index is -0.932. The SMILES string of the molecule is CCCCCCCCCCCCC/C=C/CC(CC(=O)O)C(=O)OCCCCCCCCCCCCCCCCCC. The van der Waals surface area contributed by atoms with Crippen molar-refractivity contribution in [2.75, 3.05) is 6.61 Å². The van der Waals surface area contributed by atoms with Crippen molar-refractivity contribution >= 4 is 11.9 Å². The molecule has 0 radical (unpaired) electrons. The van der Waals surface area contributed by atoms with Crippen molar-refractivity contribution in [2.45, 2.75) is 206 Å². The molecular formula is C38H72O4. The summed E-state index contributed by atoms with van der Waals surface area (Å²) in [6.45, 7) is 4.95. The highest BCUT2D eigenvalue weighted by Gasteiger charge is 2.21. The number of carbonyl (C=O) groups is 2. The fourth-order valence-corrected chi connectivity index (χ4v) is 5.72. The number of esters is 1. The third-order valence-corrected chi connectivity index (χ3v) is 8.56. The van der Waals surface area contributed by atoms with Crippen LogP contribution in [0.2, 0.25) is 0 Å². The van der Waals surface area contributed by atoms with Crippen molar-refractivity contribution in [3.63, 3.8) is 0 Å². The number of hydrogen-bond acceptors (Lipinski definition) is 3. The second-order valence-corrected chi connectivity index (χ2v) is 12.8. The third kappa shape index (κ3) is 31.6. The van der Waals surface area contributed by atoms with E-state index in [0.29, 0.717) is 13.0 Å². The highest BCUT2D eigenvalue weighted by Crippen LogP contribution is 2.16. The van der Waals surface area contributed by atoms with Crippen LogP contribution in [0, 0.1) is 5.92 Å². The molecule has 248 valence electrons. The fourth-order valence-electron chi connectivity index (χ4n) is 5.72. The van der Waals surface area contributed by atoms with Crippen LogP contribution in [0.1, 0.15) is 206 Å². The Morgan fingerprint density at radius 2 is 0.881 bits per heavy atom.